The molecule has 1 N–H and O–H groups in total. The fourth-order valence-corrected chi connectivity index (χ4v) is 2.72. The molecule has 0 radical (unpaired) electrons. The number of hydrogen-bond acceptors (Lipinski definition) is 3. The largest absolute Gasteiger partial charge is 0.337 e. The smallest absolute Gasteiger partial charge is 0.253 e. The van der Waals surface area contributed by atoms with Gasteiger partial charge in [0.15, 0.2) is 0 Å². The third-order valence-electron chi connectivity index (χ3n) is 4.35. The van der Waals surface area contributed by atoms with Gasteiger partial charge in [0.25, 0.3) is 5.91 Å². The molecule has 1 heterocycles. The molecule has 5 heteroatoms. The normalized spacial score (nSPS) is 19.6. The number of nitrogens with one attached hydrogen (secondary N) is 1. The number of anilines is 1. The Morgan fingerprint density at radius 3 is 2.45 bits per heavy atom. The lowest BCUT2D eigenvalue weighted by Gasteiger charge is -2.20. The van der Waals surface area contributed by atoms with Gasteiger partial charge >= 0.3 is 0 Å². The van der Waals surface area contributed by atoms with Crippen molar-refractivity contribution in [2.24, 2.45) is 5.92 Å². The second-order valence-electron chi connectivity index (χ2n) is 6.29. The maximum absolute atomic E-state index is 12.5. The minimum absolute atomic E-state index is 0.0790. The first-order valence-electron chi connectivity index (χ1n) is 8.02. The molecule has 0 spiro atoms. The SMILES string of the molecule is CN1CCCN(C(=O)c2ccc(NC(=O)C3CC3)cc2)CC1. The van der Waals surface area contributed by atoms with Crippen molar-refractivity contribution < 1.29 is 9.59 Å². The van der Waals surface area contributed by atoms with Crippen LogP contribution in [0.1, 0.15) is 29.6 Å². The molecule has 5 nitrogen and oxygen atoms in total. The Hall–Kier alpha value is -1.88. The molecule has 118 valence electrons. The molecule has 1 aliphatic heterocycles. The third-order valence-corrected chi connectivity index (χ3v) is 4.35. The lowest BCUT2D eigenvalue weighted by atomic mass is 10.1. The van der Waals surface area contributed by atoms with Crippen molar-refractivity contribution in [3.8, 4) is 0 Å². The Labute approximate surface area is 131 Å². The summed E-state index contributed by atoms with van der Waals surface area (Å²) in [7, 11) is 2.09. The van der Waals surface area contributed by atoms with Gasteiger partial charge in [-0.05, 0) is 57.1 Å². The van der Waals surface area contributed by atoms with E-state index in [2.05, 4.69) is 17.3 Å². The van der Waals surface area contributed by atoms with Gasteiger partial charge in [0.05, 0.1) is 0 Å². The highest BCUT2D eigenvalue weighted by Crippen LogP contribution is 2.30. The Kier molecular flexibility index (Phi) is 4.43. The van der Waals surface area contributed by atoms with Crippen LogP contribution in [0.3, 0.4) is 0 Å². The van der Waals surface area contributed by atoms with Crippen LogP contribution >= 0.6 is 0 Å². The number of benzene rings is 1. The quantitative estimate of drug-likeness (QED) is 0.926. The average Bonchev–Trinajstić information content (AvgIpc) is 3.35. The Morgan fingerprint density at radius 2 is 1.77 bits per heavy atom. The van der Waals surface area contributed by atoms with Crippen molar-refractivity contribution in [1.29, 1.82) is 0 Å². The summed E-state index contributed by atoms with van der Waals surface area (Å²) >= 11 is 0. The summed E-state index contributed by atoms with van der Waals surface area (Å²) in [5.74, 6) is 0.361. The van der Waals surface area contributed by atoms with Gasteiger partial charge in [-0.2, -0.15) is 0 Å². The van der Waals surface area contributed by atoms with E-state index in [9.17, 15) is 9.59 Å². The third kappa shape index (κ3) is 3.65. The van der Waals surface area contributed by atoms with Crippen LogP contribution < -0.4 is 5.32 Å². The first-order chi connectivity index (χ1) is 10.6. The second kappa shape index (κ2) is 6.48. The van der Waals surface area contributed by atoms with Crippen LogP contribution in [0.2, 0.25) is 0 Å². The summed E-state index contributed by atoms with van der Waals surface area (Å²) in [6.07, 6.45) is 3.00. The van der Waals surface area contributed by atoms with Crippen molar-refractivity contribution in [2.75, 3.05) is 38.5 Å². The van der Waals surface area contributed by atoms with E-state index in [4.69, 9.17) is 0 Å². The van der Waals surface area contributed by atoms with E-state index in [1.165, 1.54) is 0 Å². The van der Waals surface area contributed by atoms with Crippen LogP contribution in [-0.4, -0.2) is 54.8 Å². The highest BCUT2D eigenvalue weighted by molar-refractivity contribution is 5.96. The van der Waals surface area contributed by atoms with Crippen LogP contribution in [0.15, 0.2) is 24.3 Å². The summed E-state index contributed by atoms with van der Waals surface area (Å²) in [5, 5.41) is 2.89. The molecule has 22 heavy (non-hydrogen) atoms. The number of nitrogens with zero attached hydrogens (tertiary/aromatic N) is 2. The van der Waals surface area contributed by atoms with Gasteiger partial charge in [0.1, 0.15) is 0 Å². The zero-order valence-electron chi connectivity index (χ0n) is 13.0. The highest BCUT2D eigenvalue weighted by atomic mass is 16.2. The molecule has 1 saturated carbocycles. The van der Waals surface area contributed by atoms with E-state index < -0.39 is 0 Å². The van der Waals surface area contributed by atoms with E-state index in [1.807, 2.05) is 17.0 Å². The molecule has 0 atom stereocenters. The van der Waals surface area contributed by atoms with E-state index in [0.29, 0.717) is 5.56 Å². The van der Waals surface area contributed by atoms with E-state index >= 15 is 0 Å². The van der Waals surface area contributed by atoms with Crippen molar-refractivity contribution in [3.05, 3.63) is 29.8 Å². The van der Waals surface area contributed by atoms with Gasteiger partial charge in [-0.3, -0.25) is 9.59 Å². The second-order valence-corrected chi connectivity index (χ2v) is 6.29. The Balaban J connectivity index is 1.61. The zero-order valence-corrected chi connectivity index (χ0v) is 13.0. The summed E-state index contributed by atoms with van der Waals surface area (Å²) < 4.78 is 0. The Bertz CT molecular complexity index is 552. The van der Waals surface area contributed by atoms with Crippen LogP contribution in [0.4, 0.5) is 5.69 Å². The number of amides is 2. The first-order valence-corrected chi connectivity index (χ1v) is 8.02. The van der Waals surface area contributed by atoms with Crippen LogP contribution in [-0.2, 0) is 4.79 Å². The molecule has 0 aromatic heterocycles. The number of hydrogen-bond donors (Lipinski definition) is 1. The molecule has 2 amide bonds. The van der Waals surface area contributed by atoms with Crippen molar-refractivity contribution in [1.82, 2.24) is 9.80 Å². The van der Waals surface area contributed by atoms with Gasteiger partial charge < -0.3 is 15.1 Å². The number of carbonyl (C=O) groups is 2. The predicted octanol–water partition coefficient (Wildman–Crippen LogP) is 1.81. The molecule has 1 aromatic carbocycles. The van der Waals surface area contributed by atoms with Gasteiger partial charge in [-0.15, -0.1) is 0 Å². The van der Waals surface area contributed by atoms with Gasteiger partial charge in [-0.25, -0.2) is 0 Å². The maximum atomic E-state index is 12.5. The fourth-order valence-electron chi connectivity index (χ4n) is 2.72. The molecule has 0 bridgehead atoms. The molecule has 0 unspecified atom stereocenters. The van der Waals surface area contributed by atoms with Crippen LogP contribution in [0.5, 0.6) is 0 Å². The van der Waals surface area contributed by atoms with E-state index in [0.717, 1.165) is 51.1 Å². The molecule has 1 saturated heterocycles. The summed E-state index contributed by atoms with van der Waals surface area (Å²) in [4.78, 5) is 28.4. The minimum Gasteiger partial charge on any atom is -0.337 e. The maximum Gasteiger partial charge on any atom is 0.253 e. The topological polar surface area (TPSA) is 52.6 Å². The predicted molar refractivity (Wildman–Crippen MR) is 85.8 cm³/mol. The van der Waals surface area contributed by atoms with Crippen molar-refractivity contribution >= 4 is 17.5 Å². The summed E-state index contributed by atoms with van der Waals surface area (Å²) in [6, 6.07) is 7.24. The zero-order chi connectivity index (χ0) is 15.5. The average molecular weight is 301 g/mol. The molecule has 1 aromatic rings. The van der Waals surface area contributed by atoms with Crippen molar-refractivity contribution in [3.63, 3.8) is 0 Å². The van der Waals surface area contributed by atoms with Gasteiger partial charge in [-0.1, -0.05) is 0 Å². The molecule has 1 aliphatic carbocycles. The molecule has 2 aliphatic rings. The number of rotatable bonds is 3. The monoisotopic (exact) mass is 301 g/mol. The van der Waals surface area contributed by atoms with Gasteiger partial charge in [0.2, 0.25) is 5.91 Å². The fraction of sp³-hybridized carbons (Fsp3) is 0.529. The van der Waals surface area contributed by atoms with Gasteiger partial charge in [0, 0.05) is 36.8 Å². The minimum atomic E-state index is 0.0790. The molecule has 2 fully saturated rings. The first kappa shape index (κ1) is 15.0. The van der Waals surface area contributed by atoms with E-state index in [-0.39, 0.29) is 17.7 Å². The van der Waals surface area contributed by atoms with Crippen molar-refractivity contribution in [2.45, 2.75) is 19.3 Å². The standard InChI is InChI=1S/C17H23N3O2/c1-19-9-2-10-20(12-11-19)17(22)14-5-7-15(8-6-14)18-16(21)13-3-4-13/h5-8,13H,2-4,9-12H2,1H3,(H,18,21). The number of likely N-dealkylation sites (N-methyl/N-ethyl adjacent to an activating group) is 1. The highest BCUT2D eigenvalue weighted by Gasteiger charge is 2.29. The summed E-state index contributed by atoms with van der Waals surface area (Å²) in [5.41, 5.74) is 1.46. The summed E-state index contributed by atoms with van der Waals surface area (Å²) in [6.45, 7) is 3.54. The number of carbonyl (C=O) groups excluding carboxylic acids is 2. The van der Waals surface area contributed by atoms with Crippen LogP contribution in [0.25, 0.3) is 0 Å². The van der Waals surface area contributed by atoms with E-state index in [1.54, 1.807) is 12.1 Å². The lowest BCUT2D eigenvalue weighted by molar-refractivity contribution is -0.117. The molecular weight excluding hydrogens is 278 g/mol. The van der Waals surface area contributed by atoms with Crippen LogP contribution in [0, 0.1) is 5.92 Å². The molecule has 3 rings (SSSR count). The lowest BCUT2D eigenvalue weighted by Crippen LogP contribution is -2.34. The Morgan fingerprint density at radius 1 is 1.05 bits per heavy atom. The molecular formula is C17H23N3O2.